The second kappa shape index (κ2) is 8.01. The van der Waals surface area contributed by atoms with Crippen molar-refractivity contribution in [1.82, 2.24) is 4.90 Å². The number of para-hydroxylation sites is 1. The highest BCUT2D eigenvalue weighted by Crippen LogP contribution is 2.28. The lowest BCUT2D eigenvalue weighted by Crippen LogP contribution is -2.37. The molecule has 0 bridgehead atoms. The summed E-state index contributed by atoms with van der Waals surface area (Å²) in [5, 5.41) is 12.4. The van der Waals surface area contributed by atoms with Crippen molar-refractivity contribution in [2.75, 3.05) is 11.9 Å². The quantitative estimate of drug-likeness (QED) is 0.636. The van der Waals surface area contributed by atoms with Crippen molar-refractivity contribution in [3.05, 3.63) is 41.1 Å². The highest BCUT2D eigenvalue weighted by atomic mass is 16.1. The third kappa shape index (κ3) is 4.86. The van der Waals surface area contributed by atoms with Gasteiger partial charge in [-0.2, -0.15) is 5.26 Å². The minimum Gasteiger partial charge on any atom is -0.372 e. The Labute approximate surface area is 146 Å². The summed E-state index contributed by atoms with van der Waals surface area (Å²) in [6, 6.07) is 7.99. The van der Waals surface area contributed by atoms with Crippen molar-refractivity contribution in [2.24, 2.45) is 0 Å². The maximum absolute atomic E-state index is 12.6. The average molecular weight is 327 g/mol. The first-order valence-corrected chi connectivity index (χ1v) is 8.41. The van der Waals surface area contributed by atoms with Crippen LogP contribution in [0.4, 0.5) is 5.69 Å². The van der Waals surface area contributed by atoms with E-state index < -0.39 is 0 Å². The van der Waals surface area contributed by atoms with Gasteiger partial charge in [-0.15, -0.1) is 0 Å². The summed E-state index contributed by atoms with van der Waals surface area (Å²) < 4.78 is 0. The summed E-state index contributed by atoms with van der Waals surface area (Å²) in [6.45, 7) is 15.0. The number of hydrogen-bond donors (Lipinski definition) is 1. The monoisotopic (exact) mass is 327 g/mol. The van der Waals surface area contributed by atoms with Gasteiger partial charge in [-0.25, -0.2) is 0 Å². The fourth-order valence-corrected chi connectivity index (χ4v) is 2.58. The summed E-state index contributed by atoms with van der Waals surface area (Å²) in [7, 11) is 0. The van der Waals surface area contributed by atoms with Crippen LogP contribution in [0.2, 0.25) is 0 Å². The third-order valence-electron chi connectivity index (χ3n) is 4.02. The van der Waals surface area contributed by atoms with E-state index in [1.165, 1.54) is 0 Å². The number of nitriles is 1. The second-order valence-electron chi connectivity index (χ2n) is 7.26. The predicted molar refractivity (Wildman–Crippen MR) is 99.7 cm³/mol. The molecule has 1 aromatic rings. The molecule has 0 heterocycles. The standard InChI is InChI=1S/C20H29N3O/c1-8-23(20(5,6)7)13-16(12-21)19(24)22-18-15(4)10-9-11-17(18)14(2)3/h9-11,13-14H,8H2,1-7H3,(H,22,24)/b16-13-. The highest BCUT2D eigenvalue weighted by Gasteiger charge is 2.20. The van der Waals surface area contributed by atoms with Crippen molar-refractivity contribution in [3.63, 3.8) is 0 Å². The Kier molecular flexibility index (Phi) is 6.60. The number of amides is 1. The van der Waals surface area contributed by atoms with Crippen molar-refractivity contribution in [3.8, 4) is 6.07 Å². The molecular weight excluding hydrogens is 298 g/mol. The van der Waals surface area contributed by atoms with Crippen LogP contribution in [0, 0.1) is 18.3 Å². The zero-order valence-corrected chi connectivity index (χ0v) is 15.9. The number of carbonyl (C=O) groups is 1. The van der Waals surface area contributed by atoms with E-state index in [9.17, 15) is 10.1 Å². The lowest BCUT2D eigenvalue weighted by atomic mass is 9.98. The van der Waals surface area contributed by atoms with Gasteiger partial charge in [0.05, 0.1) is 0 Å². The topological polar surface area (TPSA) is 56.1 Å². The Morgan fingerprint density at radius 3 is 2.46 bits per heavy atom. The van der Waals surface area contributed by atoms with Gasteiger partial charge in [0.15, 0.2) is 0 Å². The molecular formula is C20H29N3O. The van der Waals surface area contributed by atoms with Gasteiger partial charge in [-0.1, -0.05) is 32.0 Å². The SMILES string of the molecule is CCN(/C=C(/C#N)C(=O)Nc1c(C)cccc1C(C)C)C(C)(C)C. The van der Waals surface area contributed by atoms with Gasteiger partial charge in [0, 0.05) is 24.0 Å². The Morgan fingerprint density at radius 1 is 1.38 bits per heavy atom. The first-order chi connectivity index (χ1) is 11.1. The van der Waals surface area contributed by atoms with Gasteiger partial charge in [0.1, 0.15) is 11.6 Å². The van der Waals surface area contributed by atoms with Gasteiger partial charge in [-0.3, -0.25) is 4.79 Å². The van der Waals surface area contributed by atoms with E-state index in [4.69, 9.17) is 0 Å². The molecule has 0 spiro atoms. The molecule has 0 aliphatic carbocycles. The zero-order valence-electron chi connectivity index (χ0n) is 15.9. The molecule has 0 atom stereocenters. The van der Waals surface area contributed by atoms with Crippen LogP contribution in [0.15, 0.2) is 30.0 Å². The largest absolute Gasteiger partial charge is 0.372 e. The van der Waals surface area contributed by atoms with Crippen molar-refractivity contribution >= 4 is 11.6 Å². The molecule has 4 nitrogen and oxygen atoms in total. The lowest BCUT2D eigenvalue weighted by Gasteiger charge is -2.34. The van der Waals surface area contributed by atoms with Gasteiger partial charge < -0.3 is 10.2 Å². The highest BCUT2D eigenvalue weighted by molar-refractivity contribution is 6.07. The summed E-state index contributed by atoms with van der Waals surface area (Å²) in [6.07, 6.45) is 1.66. The molecule has 0 aliphatic heterocycles. The number of carbonyl (C=O) groups excluding carboxylic acids is 1. The van der Waals surface area contributed by atoms with E-state index in [1.807, 2.05) is 43.0 Å². The molecule has 1 aromatic carbocycles. The number of hydrogen-bond acceptors (Lipinski definition) is 3. The van der Waals surface area contributed by atoms with Crippen LogP contribution in [-0.2, 0) is 4.79 Å². The minimum absolute atomic E-state index is 0.115. The average Bonchev–Trinajstić information content (AvgIpc) is 2.48. The van der Waals surface area contributed by atoms with E-state index in [0.29, 0.717) is 0 Å². The smallest absolute Gasteiger partial charge is 0.267 e. The van der Waals surface area contributed by atoms with Gasteiger partial charge >= 0.3 is 0 Å². The van der Waals surface area contributed by atoms with Gasteiger partial charge in [-0.05, 0) is 51.7 Å². The summed E-state index contributed by atoms with van der Waals surface area (Å²) in [5.74, 6) is -0.0761. The zero-order chi connectivity index (χ0) is 18.5. The summed E-state index contributed by atoms with van der Waals surface area (Å²) in [4.78, 5) is 14.6. The van der Waals surface area contributed by atoms with Crippen LogP contribution in [0.25, 0.3) is 0 Å². The van der Waals surface area contributed by atoms with Crippen molar-refractivity contribution < 1.29 is 4.79 Å². The molecule has 4 heteroatoms. The molecule has 1 amide bonds. The number of nitrogens with zero attached hydrogens (tertiary/aromatic N) is 2. The number of anilines is 1. The molecule has 1 rings (SSSR count). The van der Waals surface area contributed by atoms with Crippen LogP contribution < -0.4 is 5.32 Å². The fraction of sp³-hybridized carbons (Fsp3) is 0.500. The second-order valence-corrected chi connectivity index (χ2v) is 7.26. The predicted octanol–water partition coefficient (Wildman–Crippen LogP) is 4.58. The van der Waals surface area contributed by atoms with Gasteiger partial charge in [0.2, 0.25) is 0 Å². The number of benzene rings is 1. The normalized spacial score (nSPS) is 12.0. The van der Waals surface area contributed by atoms with Crippen LogP contribution in [0.1, 0.15) is 58.6 Å². The molecule has 130 valence electrons. The van der Waals surface area contributed by atoms with E-state index in [-0.39, 0.29) is 22.9 Å². The van der Waals surface area contributed by atoms with Crippen LogP contribution >= 0.6 is 0 Å². The van der Waals surface area contributed by atoms with Crippen molar-refractivity contribution in [1.29, 1.82) is 5.26 Å². The number of aryl methyl sites for hydroxylation is 1. The van der Waals surface area contributed by atoms with Crippen LogP contribution in [0.5, 0.6) is 0 Å². The summed E-state index contributed by atoms with van der Waals surface area (Å²) >= 11 is 0. The first-order valence-electron chi connectivity index (χ1n) is 8.41. The van der Waals surface area contributed by atoms with E-state index in [2.05, 4.69) is 39.9 Å². The Balaban J connectivity index is 3.17. The van der Waals surface area contributed by atoms with Crippen LogP contribution in [-0.4, -0.2) is 22.9 Å². The van der Waals surface area contributed by atoms with Crippen LogP contribution in [0.3, 0.4) is 0 Å². The third-order valence-corrected chi connectivity index (χ3v) is 4.02. The number of nitrogens with one attached hydrogen (secondary N) is 1. The minimum atomic E-state index is -0.364. The van der Waals surface area contributed by atoms with Gasteiger partial charge in [0.25, 0.3) is 5.91 Å². The fourth-order valence-electron chi connectivity index (χ4n) is 2.58. The first kappa shape index (κ1) is 19.8. The Bertz CT molecular complexity index is 660. The van der Waals surface area contributed by atoms with E-state index >= 15 is 0 Å². The Hall–Kier alpha value is -2.28. The molecule has 24 heavy (non-hydrogen) atoms. The molecule has 1 N–H and O–H groups in total. The molecule has 0 aliphatic rings. The van der Waals surface area contributed by atoms with E-state index in [1.54, 1.807) is 6.20 Å². The van der Waals surface area contributed by atoms with E-state index in [0.717, 1.165) is 23.4 Å². The molecule has 0 radical (unpaired) electrons. The molecule has 0 saturated carbocycles. The molecule has 0 saturated heterocycles. The number of rotatable bonds is 5. The molecule has 0 aromatic heterocycles. The maximum Gasteiger partial charge on any atom is 0.267 e. The Morgan fingerprint density at radius 2 is 2.00 bits per heavy atom. The molecule has 0 fully saturated rings. The molecule has 0 unspecified atom stereocenters. The van der Waals surface area contributed by atoms with Crippen molar-refractivity contribution in [2.45, 2.75) is 59.9 Å². The maximum atomic E-state index is 12.6. The summed E-state index contributed by atoms with van der Waals surface area (Å²) in [5.41, 5.74) is 2.84. The lowest BCUT2D eigenvalue weighted by molar-refractivity contribution is -0.112.